The Labute approximate surface area is 195 Å². The van der Waals surface area contributed by atoms with Crippen molar-refractivity contribution in [3.05, 3.63) is 65.0 Å². The molecule has 0 bridgehead atoms. The molecule has 3 aromatic rings. The molecule has 1 saturated heterocycles. The highest BCUT2D eigenvalue weighted by Gasteiger charge is 2.31. The number of hydrogen-bond donors (Lipinski definition) is 1. The minimum absolute atomic E-state index is 0.109. The summed E-state index contributed by atoms with van der Waals surface area (Å²) in [6.07, 6.45) is -2.84. The molecule has 6 nitrogen and oxygen atoms in total. The summed E-state index contributed by atoms with van der Waals surface area (Å²) in [4.78, 5) is 23.6. The van der Waals surface area contributed by atoms with E-state index in [4.69, 9.17) is 10.5 Å². The standard InChI is InChI=1S/C25H27F3N4O2/c1-15-9-19-10-17(3-6-22(19)31-23(15)29)24(33)32(12-18-7-8-34-14-16(18)2)13-21-5-4-20(11-30-21)25(26,27)28/h3-6,9-11,16,18H,7-8,12-14H2,1-2H3,(H2,29,31)/t16-,18-/m1/s1. The second-order valence-corrected chi connectivity index (χ2v) is 8.92. The average Bonchev–Trinajstić information content (AvgIpc) is 2.80. The monoisotopic (exact) mass is 472 g/mol. The zero-order valence-electron chi connectivity index (χ0n) is 19.1. The van der Waals surface area contributed by atoms with Gasteiger partial charge >= 0.3 is 6.18 Å². The molecule has 2 atom stereocenters. The first-order valence-electron chi connectivity index (χ1n) is 11.2. The summed E-state index contributed by atoms with van der Waals surface area (Å²) in [5, 5.41) is 0.796. The number of alkyl halides is 3. The molecule has 1 aromatic carbocycles. The second-order valence-electron chi connectivity index (χ2n) is 8.92. The smallest absolute Gasteiger partial charge is 0.383 e. The summed E-state index contributed by atoms with van der Waals surface area (Å²) in [6, 6.07) is 9.44. The number of nitrogens with zero attached hydrogens (tertiary/aromatic N) is 3. The molecular weight excluding hydrogens is 445 g/mol. The first-order chi connectivity index (χ1) is 16.1. The first kappa shape index (κ1) is 23.9. The number of nitrogen functional groups attached to an aromatic ring is 1. The number of ether oxygens (including phenoxy) is 1. The fourth-order valence-electron chi connectivity index (χ4n) is 4.19. The molecule has 3 heterocycles. The van der Waals surface area contributed by atoms with Crippen LogP contribution in [0.5, 0.6) is 0 Å². The molecule has 0 radical (unpaired) electrons. The van der Waals surface area contributed by atoms with E-state index in [0.717, 1.165) is 29.6 Å². The van der Waals surface area contributed by atoms with Gasteiger partial charge in [0.2, 0.25) is 0 Å². The minimum atomic E-state index is -4.46. The van der Waals surface area contributed by atoms with Crippen molar-refractivity contribution < 1.29 is 22.7 Å². The van der Waals surface area contributed by atoms with Crippen molar-refractivity contribution in [3.8, 4) is 0 Å². The van der Waals surface area contributed by atoms with Crippen molar-refractivity contribution in [2.75, 3.05) is 25.5 Å². The van der Waals surface area contributed by atoms with Crippen molar-refractivity contribution in [2.45, 2.75) is 33.0 Å². The Morgan fingerprint density at radius 3 is 2.71 bits per heavy atom. The molecule has 0 saturated carbocycles. The van der Waals surface area contributed by atoms with Crippen LogP contribution in [-0.4, -0.2) is 40.5 Å². The molecule has 0 unspecified atom stereocenters. The lowest BCUT2D eigenvalue weighted by atomic mass is 9.89. The van der Waals surface area contributed by atoms with Crippen LogP contribution in [0.4, 0.5) is 19.0 Å². The van der Waals surface area contributed by atoms with E-state index in [0.29, 0.717) is 42.4 Å². The number of aromatic nitrogens is 2. The molecule has 2 aromatic heterocycles. The zero-order chi connectivity index (χ0) is 24.5. The number of rotatable bonds is 5. The van der Waals surface area contributed by atoms with E-state index in [-0.39, 0.29) is 24.3 Å². The number of pyridine rings is 2. The van der Waals surface area contributed by atoms with E-state index in [1.807, 2.05) is 13.0 Å². The highest BCUT2D eigenvalue weighted by Crippen LogP contribution is 2.29. The molecule has 180 valence electrons. The van der Waals surface area contributed by atoms with E-state index in [2.05, 4.69) is 16.9 Å². The normalized spacial score (nSPS) is 18.7. The van der Waals surface area contributed by atoms with Crippen LogP contribution in [0.15, 0.2) is 42.6 Å². The van der Waals surface area contributed by atoms with E-state index < -0.39 is 11.7 Å². The van der Waals surface area contributed by atoms with Crippen molar-refractivity contribution in [3.63, 3.8) is 0 Å². The Hall–Kier alpha value is -3.20. The molecular formula is C25H27F3N4O2. The molecule has 9 heteroatoms. The van der Waals surface area contributed by atoms with Gasteiger partial charge < -0.3 is 15.4 Å². The van der Waals surface area contributed by atoms with Crippen molar-refractivity contribution in [2.24, 2.45) is 11.8 Å². The predicted octanol–water partition coefficient (Wildman–Crippen LogP) is 4.85. The van der Waals surface area contributed by atoms with Crippen LogP contribution < -0.4 is 5.73 Å². The van der Waals surface area contributed by atoms with Gasteiger partial charge in [-0.1, -0.05) is 6.92 Å². The number of carbonyl (C=O) groups is 1. The van der Waals surface area contributed by atoms with Gasteiger partial charge in [0.1, 0.15) is 5.82 Å². The Balaban J connectivity index is 1.63. The maximum atomic E-state index is 13.6. The van der Waals surface area contributed by atoms with Gasteiger partial charge in [-0.3, -0.25) is 9.78 Å². The van der Waals surface area contributed by atoms with Crippen LogP contribution in [0.1, 0.15) is 40.5 Å². The number of anilines is 1. The Kier molecular flexibility index (Phi) is 6.74. The Morgan fingerprint density at radius 2 is 2.03 bits per heavy atom. The molecule has 0 aliphatic carbocycles. The summed E-state index contributed by atoms with van der Waals surface area (Å²) in [6.45, 7) is 5.75. The summed E-state index contributed by atoms with van der Waals surface area (Å²) in [5.74, 6) is 0.708. The number of halogens is 3. The van der Waals surface area contributed by atoms with Gasteiger partial charge in [-0.25, -0.2) is 4.98 Å². The SMILES string of the molecule is Cc1cc2cc(C(=O)N(Cc3ccc(C(F)(F)F)cn3)C[C@H]3CCOC[C@H]3C)ccc2nc1N. The number of fused-ring (bicyclic) bond motifs is 1. The molecule has 1 fully saturated rings. The van der Waals surface area contributed by atoms with Crippen LogP contribution in [-0.2, 0) is 17.5 Å². The summed E-state index contributed by atoms with van der Waals surface area (Å²) < 4.78 is 44.3. The van der Waals surface area contributed by atoms with Gasteiger partial charge in [-0.05, 0) is 67.1 Å². The van der Waals surface area contributed by atoms with E-state index >= 15 is 0 Å². The van der Waals surface area contributed by atoms with Gasteiger partial charge in [0.05, 0.1) is 23.3 Å². The fourth-order valence-corrected chi connectivity index (χ4v) is 4.19. The fraction of sp³-hybridized carbons (Fsp3) is 0.400. The number of carbonyl (C=O) groups excluding carboxylic acids is 1. The summed E-state index contributed by atoms with van der Waals surface area (Å²) >= 11 is 0. The third kappa shape index (κ3) is 5.30. The highest BCUT2D eigenvalue weighted by atomic mass is 19.4. The van der Waals surface area contributed by atoms with Crippen LogP contribution in [0.3, 0.4) is 0 Å². The minimum Gasteiger partial charge on any atom is -0.383 e. The third-order valence-electron chi connectivity index (χ3n) is 6.36. The summed E-state index contributed by atoms with van der Waals surface area (Å²) in [5.41, 5.74) is 7.46. The number of amides is 1. The van der Waals surface area contributed by atoms with Gasteiger partial charge in [0.15, 0.2) is 0 Å². The maximum Gasteiger partial charge on any atom is 0.417 e. The average molecular weight is 473 g/mol. The van der Waals surface area contributed by atoms with E-state index in [1.165, 1.54) is 6.07 Å². The molecule has 4 rings (SSSR count). The molecule has 34 heavy (non-hydrogen) atoms. The highest BCUT2D eigenvalue weighted by molar-refractivity contribution is 5.98. The molecule has 1 aliphatic rings. The molecule has 1 aliphatic heterocycles. The van der Waals surface area contributed by atoms with Gasteiger partial charge in [-0.15, -0.1) is 0 Å². The predicted molar refractivity (Wildman–Crippen MR) is 123 cm³/mol. The quantitative estimate of drug-likeness (QED) is 0.574. The Morgan fingerprint density at radius 1 is 1.24 bits per heavy atom. The largest absolute Gasteiger partial charge is 0.417 e. The lowest BCUT2D eigenvalue weighted by Crippen LogP contribution is -2.40. The van der Waals surface area contributed by atoms with Crippen molar-refractivity contribution in [1.82, 2.24) is 14.9 Å². The number of aryl methyl sites for hydroxylation is 1. The summed E-state index contributed by atoms with van der Waals surface area (Å²) in [7, 11) is 0. The van der Waals surface area contributed by atoms with E-state index in [9.17, 15) is 18.0 Å². The third-order valence-corrected chi connectivity index (χ3v) is 6.36. The van der Waals surface area contributed by atoms with Gasteiger partial charge in [0.25, 0.3) is 5.91 Å². The molecule has 1 amide bonds. The lowest BCUT2D eigenvalue weighted by molar-refractivity contribution is -0.137. The van der Waals surface area contributed by atoms with Crippen molar-refractivity contribution >= 4 is 22.6 Å². The Bertz CT molecular complexity index is 1180. The maximum absolute atomic E-state index is 13.6. The van der Waals surface area contributed by atoms with E-state index in [1.54, 1.807) is 23.1 Å². The van der Waals surface area contributed by atoms with Crippen molar-refractivity contribution in [1.29, 1.82) is 0 Å². The van der Waals surface area contributed by atoms with Crippen LogP contribution in [0, 0.1) is 18.8 Å². The van der Waals surface area contributed by atoms with Crippen LogP contribution in [0.25, 0.3) is 10.9 Å². The first-order valence-corrected chi connectivity index (χ1v) is 11.2. The van der Waals surface area contributed by atoms with Crippen LogP contribution >= 0.6 is 0 Å². The molecule has 2 N–H and O–H groups in total. The number of benzene rings is 1. The zero-order valence-corrected chi connectivity index (χ0v) is 19.1. The van der Waals surface area contributed by atoms with Crippen LogP contribution in [0.2, 0.25) is 0 Å². The topological polar surface area (TPSA) is 81.3 Å². The van der Waals surface area contributed by atoms with Gasteiger partial charge in [0, 0.05) is 36.9 Å². The molecule has 0 spiro atoms. The number of hydrogen-bond acceptors (Lipinski definition) is 5. The number of nitrogens with two attached hydrogens (primary N) is 1. The lowest BCUT2D eigenvalue weighted by Gasteiger charge is -2.34. The second kappa shape index (κ2) is 9.58. The van der Waals surface area contributed by atoms with Gasteiger partial charge in [-0.2, -0.15) is 13.2 Å².